The molecule has 0 fully saturated rings. The van der Waals surface area contributed by atoms with Gasteiger partial charge >= 0.3 is 0 Å². The molecule has 0 aromatic heterocycles. The number of carbonyl (C=O) groups excluding carboxylic acids is 2. The average Bonchev–Trinajstić information content (AvgIpc) is 3.01. The van der Waals surface area contributed by atoms with Crippen LogP contribution in [-0.4, -0.2) is 43.8 Å². The fourth-order valence-corrected chi connectivity index (χ4v) is 6.95. The maximum Gasteiger partial charge on any atom is 0.264 e. The maximum absolute atomic E-state index is 14.6. The van der Waals surface area contributed by atoms with E-state index < -0.39 is 28.5 Å². The Morgan fingerprint density at radius 2 is 1.46 bits per heavy atom. The molecule has 7 nitrogen and oxygen atoms in total. The minimum Gasteiger partial charge on any atom is -0.352 e. The molecule has 0 saturated heterocycles. The molecule has 11 heteroatoms. The standard InChI is InChI=1S/C35H36Cl3N3O4S/c1-23(2)39-35(43)33(20-26-9-6-5-7-10-26)40(21-27-15-18-30(37)31(38)19-27)34(42)22-41(32-12-8-11-29(36)25(32)4)46(44,45)28-16-13-24(3)14-17-28/h5-19,23,33H,20-22H2,1-4H3,(H,39,43). The molecule has 242 valence electrons. The number of nitrogens with one attached hydrogen (secondary N) is 1. The van der Waals surface area contributed by atoms with E-state index in [0.717, 1.165) is 15.4 Å². The number of hydrogen-bond donors (Lipinski definition) is 1. The number of nitrogens with zero attached hydrogens (tertiary/aromatic N) is 2. The van der Waals surface area contributed by atoms with Crippen molar-refractivity contribution in [2.45, 2.75) is 57.6 Å². The van der Waals surface area contributed by atoms with Crippen LogP contribution in [0.25, 0.3) is 0 Å². The lowest BCUT2D eigenvalue weighted by molar-refractivity contribution is -0.140. The fourth-order valence-electron chi connectivity index (χ4n) is 4.99. The number of amides is 2. The van der Waals surface area contributed by atoms with E-state index in [1.807, 2.05) is 51.1 Å². The molecular weight excluding hydrogens is 665 g/mol. The second-order valence-corrected chi connectivity index (χ2v) is 14.4. The van der Waals surface area contributed by atoms with Crippen molar-refractivity contribution in [2.75, 3.05) is 10.8 Å². The molecule has 0 saturated carbocycles. The molecule has 0 spiro atoms. The summed E-state index contributed by atoms with van der Waals surface area (Å²) in [6, 6.07) is 24.4. The highest BCUT2D eigenvalue weighted by Gasteiger charge is 2.35. The third kappa shape index (κ3) is 8.62. The number of halogens is 3. The lowest BCUT2D eigenvalue weighted by Crippen LogP contribution is -2.54. The van der Waals surface area contributed by atoms with Gasteiger partial charge in [-0.2, -0.15) is 0 Å². The summed E-state index contributed by atoms with van der Waals surface area (Å²) in [7, 11) is -4.26. The van der Waals surface area contributed by atoms with Crippen LogP contribution in [0.5, 0.6) is 0 Å². The van der Waals surface area contributed by atoms with Gasteiger partial charge in [0.05, 0.1) is 20.6 Å². The molecule has 46 heavy (non-hydrogen) atoms. The van der Waals surface area contributed by atoms with E-state index in [2.05, 4.69) is 5.32 Å². The molecule has 0 aliphatic rings. The van der Waals surface area contributed by atoms with Crippen molar-refractivity contribution in [1.82, 2.24) is 10.2 Å². The highest BCUT2D eigenvalue weighted by molar-refractivity contribution is 7.92. The Morgan fingerprint density at radius 3 is 2.09 bits per heavy atom. The van der Waals surface area contributed by atoms with Gasteiger partial charge in [0.25, 0.3) is 10.0 Å². The Hall–Kier alpha value is -3.56. The van der Waals surface area contributed by atoms with E-state index in [0.29, 0.717) is 21.2 Å². The highest BCUT2D eigenvalue weighted by Crippen LogP contribution is 2.32. The van der Waals surface area contributed by atoms with Gasteiger partial charge in [0, 0.05) is 24.0 Å². The van der Waals surface area contributed by atoms with Gasteiger partial charge in [-0.25, -0.2) is 8.42 Å². The van der Waals surface area contributed by atoms with Crippen LogP contribution in [0.4, 0.5) is 5.69 Å². The van der Waals surface area contributed by atoms with Gasteiger partial charge in [-0.05, 0) is 80.8 Å². The minimum atomic E-state index is -4.26. The van der Waals surface area contributed by atoms with E-state index in [4.69, 9.17) is 34.8 Å². The molecule has 1 atom stereocenters. The number of benzene rings is 4. The van der Waals surface area contributed by atoms with Crippen molar-refractivity contribution in [3.8, 4) is 0 Å². The van der Waals surface area contributed by atoms with Crippen molar-refractivity contribution in [2.24, 2.45) is 0 Å². The largest absolute Gasteiger partial charge is 0.352 e. The second-order valence-electron chi connectivity index (χ2n) is 11.3. The molecule has 0 aliphatic carbocycles. The quantitative estimate of drug-likeness (QED) is 0.165. The van der Waals surface area contributed by atoms with Gasteiger partial charge in [0.2, 0.25) is 11.8 Å². The van der Waals surface area contributed by atoms with Crippen LogP contribution in [0.3, 0.4) is 0 Å². The summed E-state index contributed by atoms with van der Waals surface area (Å²) in [6.45, 7) is 6.59. The third-order valence-corrected chi connectivity index (χ3v) is 10.4. The van der Waals surface area contributed by atoms with Gasteiger partial charge in [0.1, 0.15) is 12.6 Å². The first kappa shape index (κ1) is 35.3. The molecule has 4 aromatic carbocycles. The number of sulfonamides is 1. The summed E-state index contributed by atoms with van der Waals surface area (Å²) < 4.78 is 29.6. The molecular formula is C35H36Cl3N3O4S. The Balaban J connectivity index is 1.85. The first-order chi connectivity index (χ1) is 21.8. The molecule has 0 bridgehead atoms. The van der Waals surface area contributed by atoms with Gasteiger partial charge in [-0.3, -0.25) is 13.9 Å². The van der Waals surface area contributed by atoms with Gasteiger partial charge in [0.15, 0.2) is 0 Å². The third-order valence-electron chi connectivity index (χ3n) is 7.43. The minimum absolute atomic E-state index is 0.0136. The van der Waals surface area contributed by atoms with Crippen molar-refractivity contribution in [1.29, 1.82) is 0 Å². The van der Waals surface area contributed by atoms with Crippen LogP contribution >= 0.6 is 34.8 Å². The normalized spacial score (nSPS) is 12.1. The fraction of sp³-hybridized carbons (Fsp3) is 0.257. The predicted molar refractivity (Wildman–Crippen MR) is 186 cm³/mol. The summed E-state index contributed by atoms with van der Waals surface area (Å²) >= 11 is 19.0. The SMILES string of the molecule is Cc1ccc(S(=O)(=O)N(CC(=O)N(Cc2ccc(Cl)c(Cl)c2)C(Cc2ccccc2)C(=O)NC(C)C)c2cccc(Cl)c2C)cc1. The van der Waals surface area contributed by atoms with Gasteiger partial charge in [-0.1, -0.05) is 95.0 Å². The van der Waals surface area contributed by atoms with Gasteiger partial charge in [-0.15, -0.1) is 0 Å². The summed E-state index contributed by atoms with van der Waals surface area (Å²) in [5.74, 6) is -0.972. The first-order valence-electron chi connectivity index (χ1n) is 14.7. The van der Waals surface area contributed by atoms with E-state index >= 15 is 0 Å². The van der Waals surface area contributed by atoms with E-state index in [1.165, 1.54) is 17.0 Å². The van der Waals surface area contributed by atoms with Crippen LogP contribution in [0.1, 0.15) is 36.1 Å². The lowest BCUT2D eigenvalue weighted by atomic mass is 10.0. The molecule has 0 radical (unpaired) electrons. The van der Waals surface area contributed by atoms with Crippen LogP contribution < -0.4 is 9.62 Å². The Bertz CT molecular complexity index is 1800. The Labute approximate surface area is 286 Å². The molecule has 1 unspecified atom stereocenters. The molecule has 2 amide bonds. The highest BCUT2D eigenvalue weighted by atomic mass is 35.5. The first-order valence-corrected chi connectivity index (χ1v) is 17.3. The monoisotopic (exact) mass is 699 g/mol. The van der Waals surface area contributed by atoms with Crippen LogP contribution in [-0.2, 0) is 32.6 Å². The topological polar surface area (TPSA) is 86.8 Å². The van der Waals surface area contributed by atoms with Gasteiger partial charge < -0.3 is 10.2 Å². The zero-order valence-electron chi connectivity index (χ0n) is 26.0. The summed E-state index contributed by atoms with van der Waals surface area (Å²) in [5.41, 5.74) is 3.07. The lowest BCUT2D eigenvalue weighted by Gasteiger charge is -2.34. The average molecular weight is 701 g/mol. The van der Waals surface area contributed by atoms with Crippen molar-refractivity contribution >= 4 is 62.3 Å². The number of anilines is 1. The second kappa shape index (κ2) is 15.4. The number of carbonyl (C=O) groups is 2. The number of hydrogen-bond acceptors (Lipinski definition) is 4. The number of rotatable bonds is 12. The maximum atomic E-state index is 14.6. The Kier molecular flexibility index (Phi) is 11.8. The predicted octanol–water partition coefficient (Wildman–Crippen LogP) is 7.62. The number of aryl methyl sites for hydroxylation is 1. The zero-order valence-corrected chi connectivity index (χ0v) is 29.1. The smallest absolute Gasteiger partial charge is 0.264 e. The zero-order chi connectivity index (χ0) is 33.6. The van der Waals surface area contributed by atoms with Crippen molar-refractivity contribution < 1.29 is 18.0 Å². The molecule has 4 aromatic rings. The van der Waals surface area contributed by atoms with Crippen LogP contribution in [0, 0.1) is 13.8 Å². The summed E-state index contributed by atoms with van der Waals surface area (Å²) in [4.78, 5) is 29.8. The van der Waals surface area contributed by atoms with Crippen molar-refractivity contribution in [3.63, 3.8) is 0 Å². The molecule has 4 rings (SSSR count). The van der Waals surface area contributed by atoms with Crippen LogP contribution in [0.2, 0.25) is 15.1 Å². The van der Waals surface area contributed by atoms with Crippen LogP contribution in [0.15, 0.2) is 95.9 Å². The molecule has 0 heterocycles. The summed E-state index contributed by atoms with van der Waals surface area (Å²) in [6.07, 6.45) is 0.188. The molecule has 1 N–H and O–H groups in total. The van der Waals surface area contributed by atoms with Crippen molar-refractivity contribution in [3.05, 3.63) is 128 Å². The summed E-state index contributed by atoms with van der Waals surface area (Å²) in [5, 5.41) is 3.91. The Morgan fingerprint density at radius 1 is 0.783 bits per heavy atom. The van der Waals surface area contributed by atoms with E-state index in [-0.39, 0.29) is 40.5 Å². The van der Waals surface area contributed by atoms with E-state index in [1.54, 1.807) is 55.5 Å². The molecule has 0 aliphatic heterocycles. The van der Waals surface area contributed by atoms with E-state index in [9.17, 15) is 18.0 Å².